The molecule has 4 nitrogen and oxygen atoms in total. The van der Waals surface area contributed by atoms with Crippen LogP contribution in [0.25, 0.3) is 77.0 Å². The first-order valence-corrected chi connectivity index (χ1v) is 14.1. The summed E-state index contributed by atoms with van der Waals surface area (Å²) in [5.74, 6) is 0. The summed E-state index contributed by atoms with van der Waals surface area (Å²) in [4.78, 5) is 9.73. The van der Waals surface area contributed by atoms with Gasteiger partial charge in [0.2, 0.25) is 0 Å². The lowest BCUT2D eigenvalue weighted by molar-refractivity contribution is 1.18. The van der Waals surface area contributed by atoms with Gasteiger partial charge in [-0.25, -0.2) is 4.98 Å². The van der Waals surface area contributed by atoms with Gasteiger partial charge in [-0.05, 0) is 77.2 Å². The zero-order valence-electron chi connectivity index (χ0n) is 22.0. The summed E-state index contributed by atoms with van der Waals surface area (Å²) in [5, 5.41) is 6.07. The van der Waals surface area contributed by atoms with Crippen LogP contribution in [-0.2, 0) is 6.42 Å². The number of hydrogen-bond acceptors (Lipinski definition) is 2. The van der Waals surface area contributed by atoms with Crippen molar-refractivity contribution in [3.63, 3.8) is 0 Å². The average Bonchev–Trinajstić information content (AvgIpc) is 3.70. The van der Waals surface area contributed by atoms with E-state index in [9.17, 15) is 0 Å². The summed E-state index contributed by atoms with van der Waals surface area (Å²) >= 11 is 0. The van der Waals surface area contributed by atoms with Gasteiger partial charge in [0.1, 0.15) is 5.65 Å². The Morgan fingerprint density at radius 1 is 0.585 bits per heavy atom. The first kappa shape index (κ1) is 21.4. The number of fused-ring (bicyclic) bond motifs is 15. The molecule has 0 radical (unpaired) electrons. The van der Waals surface area contributed by atoms with E-state index in [0.717, 1.165) is 39.7 Å². The molecule has 0 atom stereocenters. The van der Waals surface area contributed by atoms with Crippen LogP contribution in [-0.4, -0.2) is 18.9 Å². The Bertz CT molecular complexity index is 2550. The van der Waals surface area contributed by atoms with Crippen molar-refractivity contribution in [1.82, 2.24) is 18.9 Å². The van der Waals surface area contributed by atoms with Crippen molar-refractivity contribution < 1.29 is 0 Å². The van der Waals surface area contributed by atoms with Gasteiger partial charge in [0.15, 0.2) is 0 Å². The third-order valence-corrected chi connectivity index (χ3v) is 8.97. The lowest BCUT2D eigenvalue weighted by Crippen LogP contribution is -1.97. The van der Waals surface area contributed by atoms with Gasteiger partial charge in [0, 0.05) is 38.8 Å². The van der Waals surface area contributed by atoms with Crippen LogP contribution in [0.2, 0.25) is 0 Å². The van der Waals surface area contributed by atoms with Gasteiger partial charge in [-0.1, -0.05) is 60.7 Å². The molecule has 0 saturated heterocycles. The molecule has 0 aliphatic heterocycles. The second-order valence-corrected chi connectivity index (χ2v) is 11.1. The Labute approximate surface area is 234 Å². The summed E-state index contributed by atoms with van der Waals surface area (Å²) in [6, 6.07) is 39.6. The maximum Gasteiger partial charge on any atom is 0.146 e. The fourth-order valence-corrected chi connectivity index (χ4v) is 7.26. The first-order chi connectivity index (χ1) is 20.3. The van der Waals surface area contributed by atoms with Crippen LogP contribution in [0.3, 0.4) is 0 Å². The summed E-state index contributed by atoms with van der Waals surface area (Å²) in [7, 11) is 0. The molecule has 4 heterocycles. The Hall–Kier alpha value is -5.48. The number of rotatable bonds is 1. The number of hydrogen-bond donors (Lipinski definition) is 0. The fourth-order valence-electron chi connectivity index (χ4n) is 7.26. The molecule has 1 aliphatic rings. The SMILES string of the molecule is c1ccc(-n2c3cc4c(cc3c3ccc5c(c6ccncc6n6c7ccccc7nc56)c32)Cc2ccccc2-4)cc1. The molecule has 0 saturated carbocycles. The molecule has 0 N–H and O–H groups in total. The molecule has 0 bridgehead atoms. The molecule has 9 aromatic rings. The van der Waals surface area contributed by atoms with Crippen LogP contribution in [0.5, 0.6) is 0 Å². The zero-order valence-corrected chi connectivity index (χ0v) is 22.0. The third-order valence-electron chi connectivity index (χ3n) is 8.97. The Kier molecular flexibility index (Phi) is 3.95. The maximum atomic E-state index is 5.16. The summed E-state index contributed by atoms with van der Waals surface area (Å²) in [6.45, 7) is 0. The van der Waals surface area contributed by atoms with Crippen LogP contribution >= 0.6 is 0 Å². The summed E-state index contributed by atoms with van der Waals surface area (Å²) < 4.78 is 4.74. The van der Waals surface area contributed by atoms with E-state index in [1.807, 2.05) is 12.4 Å². The van der Waals surface area contributed by atoms with E-state index >= 15 is 0 Å². The standard InChI is InChI=1S/C37H22N4/c1-2-9-24(10-3-1)40-33-20-29-23(18-22-8-4-5-11-25(22)29)19-30(33)26-14-15-28-35(36(26)40)27-16-17-38-21-34(27)41-32-13-7-6-12-31(32)39-37(28)41/h1-17,19-21H,18H2. The van der Waals surface area contributed by atoms with E-state index in [4.69, 9.17) is 4.98 Å². The molecule has 0 amide bonds. The lowest BCUT2D eigenvalue weighted by atomic mass is 10.0. The average molecular weight is 523 g/mol. The van der Waals surface area contributed by atoms with E-state index in [2.05, 4.69) is 123 Å². The molecular weight excluding hydrogens is 500 g/mol. The molecule has 10 rings (SSSR count). The van der Waals surface area contributed by atoms with E-state index in [0.29, 0.717) is 0 Å². The number of benzene rings is 5. The first-order valence-electron chi connectivity index (χ1n) is 14.1. The highest BCUT2D eigenvalue weighted by molar-refractivity contribution is 6.28. The molecule has 190 valence electrons. The smallest absolute Gasteiger partial charge is 0.146 e. The highest BCUT2D eigenvalue weighted by Crippen LogP contribution is 2.45. The minimum absolute atomic E-state index is 0.963. The van der Waals surface area contributed by atoms with Crippen LogP contribution in [0, 0.1) is 0 Å². The lowest BCUT2D eigenvalue weighted by Gasteiger charge is -2.13. The van der Waals surface area contributed by atoms with Gasteiger partial charge in [0.05, 0.1) is 33.8 Å². The summed E-state index contributed by atoms with van der Waals surface area (Å²) in [6.07, 6.45) is 4.87. The van der Waals surface area contributed by atoms with Crippen molar-refractivity contribution in [2.24, 2.45) is 0 Å². The Morgan fingerprint density at radius 3 is 2.37 bits per heavy atom. The van der Waals surface area contributed by atoms with Crippen LogP contribution in [0.1, 0.15) is 11.1 Å². The van der Waals surface area contributed by atoms with Crippen molar-refractivity contribution in [1.29, 1.82) is 0 Å². The second kappa shape index (κ2) is 7.58. The minimum atomic E-state index is 0.963. The van der Waals surface area contributed by atoms with Gasteiger partial charge >= 0.3 is 0 Å². The zero-order chi connectivity index (χ0) is 26.7. The van der Waals surface area contributed by atoms with Crippen molar-refractivity contribution in [3.8, 4) is 16.8 Å². The van der Waals surface area contributed by atoms with Crippen LogP contribution in [0.15, 0.2) is 122 Å². The van der Waals surface area contributed by atoms with Crippen molar-refractivity contribution in [2.45, 2.75) is 6.42 Å². The molecule has 4 aromatic heterocycles. The molecule has 5 aromatic carbocycles. The largest absolute Gasteiger partial charge is 0.309 e. The fraction of sp³-hybridized carbons (Fsp3) is 0.0270. The molecule has 41 heavy (non-hydrogen) atoms. The van der Waals surface area contributed by atoms with Gasteiger partial charge in [0.25, 0.3) is 0 Å². The van der Waals surface area contributed by atoms with Crippen molar-refractivity contribution >= 4 is 60.2 Å². The second-order valence-electron chi connectivity index (χ2n) is 11.1. The van der Waals surface area contributed by atoms with Gasteiger partial charge in [-0.2, -0.15) is 0 Å². The highest BCUT2D eigenvalue weighted by Gasteiger charge is 2.24. The van der Waals surface area contributed by atoms with Crippen molar-refractivity contribution in [2.75, 3.05) is 0 Å². The molecule has 1 aliphatic carbocycles. The molecule has 0 spiro atoms. The van der Waals surface area contributed by atoms with Crippen molar-refractivity contribution in [3.05, 3.63) is 133 Å². The molecule has 0 fully saturated rings. The predicted molar refractivity (Wildman–Crippen MR) is 168 cm³/mol. The van der Waals surface area contributed by atoms with E-state index < -0.39 is 0 Å². The van der Waals surface area contributed by atoms with E-state index in [1.54, 1.807) is 0 Å². The van der Waals surface area contributed by atoms with E-state index in [1.165, 1.54) is 54.8 Å². The highest BCUT2D eigenvalue weighted by atomic mass is 15.0. The minimum Gasteiger partial charge on any atom is -0.309 e. The quantitative estimate of drug-likeness (QED) is 0.202. The summed E-state index contributed by atoms with van der Waals surface area (Å²) in [5.41, 5.74) is 13.2. The topological polar surface area (TPSA) is 35.1 Å². The third kappa shape index (κ3) is 2.69. The molecule has 4 heteroatoms. The number of aromatic nitrogens is 4. The van der Waals surface area contributed by atoms with Gasteiger partial charge in [-0.3, -0.25) is 9.38 Å². The van der Waals surface area contributed by atoms with Crippen LogP contribution < -0.4 is 0 Å². The van der Waals surface area contributed by atoms with Crippen LogP contribution in [0.4, 0.5) is 0 Å². The molecular formula is C37H22N4. The Morgan fingerprint density at radius 2 is 1.41 bits per heavy atom. The number of nitrogens with zero attached hydrogens (tertiary/aromatic N) is 4. The number of para-hydroxylation sites is 3. The van der Waals surface area contributed by atoms with Gasteiger partial charge in [-0.15, -0.1) is 0 Å². The number of imidazole rings is 1. The molecule has 0 unspecified atom stereocenters. The van der Waals surface area contributed by atoms with E-state index in [-0.39, 0.29) is 0 Å². The predicted octanol–water partition coefficient (Wildman–Crippen LogP) is 8.86. The maximum absolute atomic E-state index is 5.16. The normalized spacial score (nSPS) is 12.8. The number of pyridine rings is 2. The monoisotopic (exact) mass is 522 g/mol. The Balaban J connectivity index is 1.47. The van der Waals surface area contributed by atoms with Gasteiger partial charge < -0.3 is 4.57 Å².